The van der Waals surface area contributed by atoms with Gasteiger partial charge in [-0.1, -0.05) is 0 Å². The average Bonchev–Trinajstić information content (AvgIpc) is 2.40. The predicted molar refractivity (Wildman–Crippen MR) is 77.9 cm³/mol. The van der Waals surface area contributed by atoms with E-state index in [1.165, 1.54) is 13.0 Å². The summed E-state index contributed by atoms with van der Waals surface area (Å²) >= 11 is 0. The molecule has 4 heteroatoms. The number of rotatable bonds is 4. The van der Waals surface area contributed by atoms with E-state index in [4.69, 9.17) is 4.74 Å². The number of aromatic nitrogens is 1. The van der Waals surface area contributed by atoms with Crippen molar-refractivity contribution in [3.8, 4) is 11.4 Å². The molecule has 0 saturated carbocycles. The molecule has 0 amide bonds. The summed E-state index contributed by atoms with van der Waals surface area (Å²) in [6.07, 6.45) is 1.59. The Bertz CT molecular complexity index is 684. The summed E-state index contributed by atoms with van der Waals surface area (Å²) < 4.78 is 7.22. The summed E-state index contributed by atoms with van der Waals surface area (Å²) in [5, 5.41) is 0. The van der Waals surface area contributed by atoms with Gasteiger partial charge in [-0.15, -0.1) is 0 Å². The molecule has 1 aromatic carbocycles. The van der Waals surface area contributed by atoms with Crippen LogP contribution in [-0.4, -0.2) is 17.0 Å². The number of carbonyl (C=O) groups is 1. The van der Waals surface area contributed by atoms with Crippen LogP contribution in [0.3, 0.4) is 0 Å². The van der Waals surface area contributed by atoms with Crippen LogP contribution < -0.4 is 10.2 Å². The van der Waals surface area contributed by atoms with E-state index in [-0.39, 0.29) is 16.8 Å². The maximum Gasteiger partial charge on any atom is 0.192 e. The first-order valence-electron chi connectivity index (χ1n) is 6.50. The fourth-order valence-corrected chi connectivity index (χ4v) is 2.04. The van der Waals surface area contributed by atoms with Crippen LogP contribution in [0.25, 0.3) is 5.69 Å². The summed E-state index contributed by atoms with van der Waals surface area (Å²) in [6.45, 7) is 5.78. The third-order valence-electron chi connectivity index (χ3n) is 3.05. The number of pyridine rings is 1. The van der Waals surface area contributed by atoms with Gasteiger partial charge < -0.3 is 9.30 Å². The second-order valence-electron chi connectivity index (χ2n) is 4.55. The Balaban J connectivity index is 2.49. The van der Waals surface area contributed by atoms with Crippen molar-refractivity contribution in [1.29, 1.82) is 0 Å². The molecule has 0 bridgehead atoms. The minimum absolute atomic E-state index is 0.199. The fraction of sp³-hybridized carbons (Fsp3) is 0.250. The standard InChI is InChI=1S/C16H17NO3/c1-4-20-14-7-5-13(6-8-14)17-10-15(12(3)18)16(19)9-11(17)2/h5-10H,4H2,1-3H3. The van der Waals surface area contributed by atoms with Crippen LogP contribution in [0, 0.1) is 6.92 Å². The number of carbonyl (C=O) groups excluding carboxylic acids is 1. The van der Waals surface area contributed by atoms with Crippen LogP contribution in [0.5, 0.6) is 5.75 Å². The number of Topliss-reactive ketones (excluding diaryl/α,β-unsaturated/α-hetero) is 1. The van der Waals surface area contributed by atoms with Crippen molar-refractivity contribution in [3.63, 3.8) is 0 Å². The first kappa shape index (κ1) is 14.1. The predicted octanol–water partition coefficient (Wildman–Crippen LogP) is 2.75. The van der Waals surface area contributed by atoms with Crippen LogP contribution in [0.15, 0.2) is 41.3 Å². The van der Waals surface area contributed by atoms with Gasteiger partial charge in [0, 0.05) is 23.6 Å². The average molecular weight is 271 g/mol. The SMILES string of the molecule is CCOc1ccc(-n2cc(C(C)=O)c(=O)cc2C)cc1. The molecule has 0 aliphatic carbocycles. The highest BCUT2D eigenvalue weighted by Gasteiger charge is 2.09. The van der Waals surface area contributed by atoms with E-state index in [0.29, 0.717) is 6.61 Å². The summed E-state index contributed by atoms with van der Waals surface area (Å²) in [7, 11) is 0. The molecule has 0 saturated heterocycles. The number of hydrogen-bond donors (Lipinski definition) is 0. The largest absolute Gasteiger partial charge is 0.494 e. The Kier molecular flexibility index (Phi) is 4.03. The summed E-state index contributed by atoms with van der Waals surface area (Å²) in [5.41, 5.74) is 1.62. The van der Waals surface area contributed by atoms with Crippen molar-refractivity contribution in [2.75, 3.05) is 6.61 Å². The third-order valence-corrected chi connectivity index (χ3v) is 3.05. The molecule has 0 fully saturated rings. The molecule has 0 aliphatic rings. The summed E-state index contributed by atoms with van der Waals surface area (Å²) in [4.78, 5) is 23.2. The second-order valence-corrected chi connectivity index (χ2v) is 4.55. The molecule has 2 aromatic rings. The van der Waals surface area contributed by atoms with E-state index >= 15 is 0 Å². The zero-order chi connectivity index (χ0) is 14.7. The zero-order valence-corrected chi connectivity index (χ0v) is 11.8. The van der Waals surface area contributed by atoms with Crippen LogP contribution in [0.1, 0.15) is 29.9 Å². The Morgan fingerprint density at radius 1 is 1.25 bits per heavy atom. The lowest BCUT2D eigenvalue weighted by Gasteiger charge is -2.12. The Hall–Kier alpha value is -2.36. The first-order chi connectivity index (χ1) is 9.52. The zero-order valence-electron chi connectivity index (χ0n) is 11.8. The molecule has 0 aliphatic heterocycles. The monoisotopic (exact) mass is 271 g/mol. The van der Waals surface area contributed by atoms with Crippen molar-refractivity contribution < 1.29 is 9.53 Å². The van der Waals surface area contributed by atoms with E-state index in [2.05, 4.69) is 0 Å². The van der Waals surface area contributed by atoms with Crippen LogP contribution in [0.2, 0.25) is 0 Å². The molecule has 0 unspecified atom stereocenters. The smallest absolute Gasteiger partial charge is 0.192 e. The Labute approximate surface area is 117 Å². The summed E-state index contributed by atoms with van der Waals surface area (Å²) in [6, 6.07) is 9.00. The van der Waals surface area contributed by atoms with Crippen molar-refractivity contribution in [3.05, 3.63) is 58.0 Å². The molecule has 104 valence electrons. The molecule has 20 heavy (non-hydrogen) atoms. The quantitative estimate of drug-likeness (QED) is 0.803. The first-order valence-corrected chi connectivity index (χ1v) is 6.50. The van der Waals surface area contributed by atoms with E-state index in [1.54, 1.807) is 6.20 Å². The maximum atomic E-state index is 11.8. The van der Waals surface area contributed by atoms with Crippen molar-refractivity contribution >= 4 is 5.78 Å². The van der Waals surface area contributed by atoms with Gasteiger partial charge in [0.05, 0.1) is 12.2 Å². The molecular weight excluding hydrogens is 254 g/mol. The van der Waals surface area contributed by atoms with E-state index in [0.717, 1.165) is 17.1 Å². The van der Waals surface area contributed by atoms with Gasteiger partial charge in [-0.25, -0.2) is 0 Å². The topological polar surface area (TPSA) is 48.3 Å². The number of benzene rings is 1. The van der Waals surface area contributed by atoms with Crippen molar-refractivity contribution in [2.45, 2.75) is 20.8 Å². The number of hydrogen-bond acceptors (Lipinski definition) is 3. The van der Waals surface area contributed by atoms with Crippen LogP contribution in [-0.2, 0) is 0 Å². The minimum Gasteiger partial charge on any atom is -0.494 e. The number of ether oxygens (including phenoxy) is 1. The number of aryl methyl sites for hydroxylation is 1. The van der Waals surface area contributed by atoms with Gasteiger partial charge in [0.1, 0.15) is 5.75 Å². The highest BCUT2D eigenvalue weighted by atomic mass is 16.5. The lowest BCUT2D eigenvalue weighted by Crippen LogP contribution is -2.16. The van der Waals surface area contributed by atoms with Crippen molar-refractivity contribution in [2.24, 2.45) is 0 Å². The van der Waals surface area contributed by atoms with Gasteiger partial charge in [-0.05, 0) is 45.0 Å². The number of nitrogens with zero attached hydrogens (tertiary/aromatic N) is 1. The summed E-state index contributed by atoms with van der Waals surface area (Å²) in [5.74, 6) is 0.566. The Morgan fingerprint density at radius 3 is 2.45 bits per heavy atom. The molecule has 1 aromatic heterocycles. The lowest BCUT2D eigenvalue weighted by atomic mass is 10.1. The normalized spacial score (nSPS) is 10.3. The second kappa shape index (κ2) is 5.74. The highest BCUT2D eigenvalue weighted by molar-refractivity contribution is 5.93. The molecule has 0 atom stereocenters. The van der Waals surface area contributed by atoms with Gasteiger partial charge >= 0.3 is 0 Å². The van der Waals surface area contributed by atoms with Gasteiger partial charge in [-0.3, -0.25) is 9.59 Å². The molecule has 2 rings (SSSR count). The van der Waals surface area contributed by atoms with Gasteiger partial charge in [0.2, 0.25) is 0 Å². The fourth-order valence-electron chi connectivity index (χ4n) is 2.04. The third kappa shape index (κ3) is 2.79. The Morgan fingerprint density at radius 2 is 1.90 bits per heavy atom. The highest BCUT2D eigenvalue weighted by Crippen LogP contribution is 2.17. The minimum atomic E-state index is -0.239. The molecular formula is C16H17NO3. The van der Waals surface area contributed by atoms with Crippen LogP contribution >= 0.6 is 0 Å². The van der Waals surface area contributed by atoms with E-state index in [1.807, 2.05) is 42.7 Å². The van der Waals surface area contributed by atoms with E-state index < -0.39 is 0 Å². The van der Waals surface area contributed by atoms with Crippen LogP contribution in [0.4, 0.5) is 0 Å². The lowest BCUT2D eigenvalue weighted by molar-refractivity contribution is 0.101. The molecule has 0 N–H and O–H groups in total. The number of ketones is 1. The van der Waals surface area contributed by atoms with Crippen molar-refractivity contribution in [1.82, 2.24) is 4.57 Å². The van der Waals surface area contributed by atoms with Gasteiger partial charge in [0.25, 0.3) is 0 Å². The molecule has 0 radical (unpaired) electrons. The molecule has 1 heterocycles. The molecule has 4 nitrogen and oxygen atoms in total. The van der Waals surface area contributed by atoms with Gasteiger partial charge in [0.15, 0.2) is 11.2 Å². The van der Waals surface area contributed by atoms with E-state index in [9.17, 15) is 9.59 Å². The molecule has 0 spiro atoms. The van der Waals surface area contributed by atoms with Gasteiger partial charge in [-0.2, -0.15) is 0 Å². The maximum absolute atomic E-state index is 11.8.